The summed E-state index contributed by atoms with van der Waals surface area (Å²) >= 11 is 0. The zero-order valence-corrected chi connectivity index (χ0v) is 48.3. The van der Waals surface area contributed by atoms with Crippen LogP contribution in [0.25, 0.3) is 22.3 Å². The quantitative estimate of drug-likeness (QED) is 0.0465. The molecule has 466 valence electrons. The monoisotopic (exact) mass is 1220 g/mol. The van der Waals surface area contributed by atoms with Crippen LogP contribution in [0.5, 0.6) is 11.5 Å². The molecule has 3 aliphatic rings. The fourth-order valence-electron chi connectivity index (χ4n) is 10.4. The van der Waals surface area contributed by atoms with Crippen molar-refractivity contribution in [2.75, 3.05) is 19.7 Å². The number of hydrogen-bond donors (Lipinski definition) is 15. The van der Waals surface area contributed by atoms with Gasteiger partial charge in [-0.25, -0.2) is 4.57 Å². The van der Waals surface area contributed by atoms with Crippen molar-refractivity contribution >= 4 is 49.2 Å². The molecule has 0 bridgehead atoms. The van der Waals surface area contributed by atoms with Crippen LogP contribution in [-0.4, -0.2) is 201 Å². The number of amides is 7. The van der Waals surface area contributed by atoms with Gasteiger partial charge in [0.05, 0.1) is 31.0 Å². The number of nitrogens with zero attached hydrogens (tertiary/aromatic N) is 2. The Morgan fingerprint density at radius 1 is 0.640 bits per heavy atom. The number of benzene rings is 4. The molecule has 0 aromatic heterocycles. The summed E-state index contributed by atoms with van der Waals surface area (Å²) in [7, 11) is -5.06. The lowest BCUT2D eigenvalue weighted by atomic mass is 9.96. The first kappa shape index (κ1) is 66.1. The van der Waals surface area contributed by atoms with Gasteiger partial charge in [0.2, 0.25) is 35.4 Å². The molecule has 15 N–H and O–H groups in total. The van der Waals surface area contributed by atoms with Crippen LogP contribution in [0.15, 0.2) is 97.1 Å². The Balaban J connectivity index is 1.18. The molecule has 4 aromatic rings. The number of ether oxygens (including phenoxy) is 1. The third-order valence-electron chi connectivity index (χ3n) is 15.3. The van der Waals surface area contributed by atoms with Crippen LogP contribution in [0.2, 0.25) is 0 Å². The van der Waals surface area contributed by atoms with Crippen molar-refractivity contribution in [1.82, 2.24) is 36.4 Å². The second-order valence-corrected chi connectivity index (χ2v) is 23.0. The standard InChI is InChI=1S/C58H74N7O20P/c1-5-6-7-24-84-39-20-16-35(17-21-39)33-10-8-32(9-11-33)34-12-14-37(15-13-34)51(73)59-41-26-43(69)54(76)63-56(78)47-48(70)29(2)27-65(47)58(80)45(31(4)67)61-55(77)46(50(72)49(71)36-18-22-40(23-19-36)85-86(81,82)83)62-53(75)42-25-38(68)28-64(42)57(79)44(30(3)66)60-52(41)74/h8-23,29-31,38,41-50,54,66-72,76H,5-7,24-28H2,1-4H3,(H,59,73)(H,60,74)(H,61,77)(H,62,75)(H,63,78)(H2,81,82,83)/t29-,30+,31+,38+,41?,42-,43+,44-,45-,46-,47-,48-,49-,50-,54+/m0/s1. The number of unbranched alkanes of at least 4 members (excludes halogenated alkanes) is 2. The Kier molecular flexibility index (Phi) is 22.2. The van der Waals surface area contributed by atoms with Gasteiger partial charge in [-0.3, -0.25) is 43.3 Å². The maximum atomic E-state index is 14.5. The van der Waals surface area contributed by atoms with Crippen LogP contribution in [0.1, 0.15) is 81.8 Å². The molecule has 15 atom stereocenters. The maximum Gasteiger partial charge on any atom is 0.524 e. The molecule has 4 aromatic carbocycles. The third kappa shape index (κ3) is 16.4. The van der Waals surface area contributed by atoms with Crippen molar-refractivity contribution in [2.45, 2.75) is 145 Å². The van der Waals surface area contributed by atoms with Gasteiger partial charge in [0.1, 0.15) is 66.1 Å². The minimum absolute atomic E-state index is 0.0110. The normalized spacial score (nSPS) is 27.0. The van der Waals surface area contributed by atoms with E-state index >= 15 is 0 Å². The fourth-order valence-corrected chi connectivity index (χ4v) is 10.8. The highest BCUT2D eigenvalue weighted by atomic mass is 31.2. The average molecular weight is 1220 g/mol. The van der Waals surface area contributed by atoms with E-state index in [2.05, 4.69) is 38.0 Å². The number of fused-ring (bicyclic) bond motifs is 2. The predicted octanol–water partition coefficient (Wildman–Crippen LogP) is -1.16. The van der Waals surface area contributed by atoms with E-state index in [1.54, 1.807) is 12.1 Å². The van der Waals surface area contributed by atoms with Crippen LogP contribution in [0.3, 0.4) is 0 Å². The number of carbonyl (C=O) groups is 7. The topological polar surface area (TPSA) is 424 Å². The van der Waals surface area contributed by atoms with E-state index in [4.69, 9.17) is 4.74 Å². The Morgan fingerprint density at radius 3 is 1.70 bits per heavy atom. The van der Waals surface area contributed by atoms with Crippen molar-refractivity contribution in [1.29, 1.82) is 0 Å². The van der Waals surface area contributed by atoms with Gasteiger partial charge in [0.15, 0.2) is 6.23 Å². The van der Waals surface area contributed by atoms with E-state index in [0.717, 1.165) is 89.6 Å². The van der Waals surface area contributed by atoms with Crippen LogP contribution >= 0.6 is 7.82 Å². The second kappa shape index (κ2) is 28.9. The number of nitrogens with one attached hydrogen (secondary N) is 5. The molecule has 1 unspecified atom stereocenters. The second-order valence-electron chi connectivity index (χ2n) is 21.8. The van der Waals surface area contributed by atoms with Gasteiger partial charge in [-0.05, 0) is 84.5 Å². The van der Waals surface area contributed by atoms with E-state index in [9.17, 15) is 88.8 Å². The van der Waals surface area contributed by atoms with E-state index in [1.807, 2.05) is 48.5 Å². The molecule has 7 rings (SSSR count). The molecule has 27 nitrogen and oxygen atoms in total. The Labute approximate surface area is 494 Å². The zero-order chi connectivity index (χ0) is 62.9. The molecule has 28 heteroatoms. The molecule has 0 saturated carbocycles. The highest BCUT2D eigenvalue weighted by molar-refractivity contribution is 7.46. The van der Waals surface area contributed by atoms with Crippen molar-refractivity contribution in [3.8, 4) is 33.8 Å². The van der Waals surface area contributed by atoms with Gasteiger partial charge in [-0.1, -0.05) is 87.4 Å². The van der Waals surface area contributed by atoms with Crippen LogP contribution in [0.4, 0.5) is 0 Å². The lowest BCUT2D eigenvalue weighted by Gasteiger charge is -2.34. The summed E-state index contributed by atoms with van der Waals surface area (Å²) in [5.74, 6) is -9.20. The molecule has 0 aliphatic carbocycles. The van der Waals surface area contributed by atoms with Crippen LogP contribution < -0.4 is 35.8 Å². The van der Waals surface area contributed by atoms with E-state index in [-0.39, 0.29) is 16.9 Å². The number of aliphatic hydroxyl groups excluding tert-OH is 8. The summed E-state index contributed by atoms with van der Waals surface area (Å²) < 4.78 is 21.8. The summed E-state index contributed by atoms with van der Waals surface area (Å²) in [5, 5.41) is 102. The van der Waals surface area contributed by atoms with Gasteiger partial charge in [-0.2, -0.15) is 0 Å². The molecule has 3 saturated heterocycles. The first-order valence-electron chi connectivity index (χ1n) is 28.0. The molecule has 0 spiro atoms. The number of hydrogen-bond acceptors (Lipinski definition) is 18. The zero-order valence-electron chi connectivity index (χ0n) is 47.5. The fraction of sp³-hybridized carbons (Fsp3) is 0.466. The lowest BCUT2D eigenvalue weighted by Crippen LogP contribution is -2.64. The molecular weight excluding hydrogens is 1150 g/mol. The lowest BCUT2D eigenvalue weighted by molar-refractivity contribution is -0.148. The minimum Gasteiger partial charge on any atom is -0.494 e. The highest BCUT2D eigenvalue weighted by Gasteiger charge is 2.50. The minimum atomic E-state index is -5.06. The Hall–Kier alpha value is -7.40. The first-order chi connectivity index (χ1) is 40.6. The van der Waals surface area contributed by atoms with E-state index < -0.39 is 166 Å². The van der Waals surface area contributed by atoms with Gasteiger partial charge < -0.3 is 86.5 Å². The van der Waals surface area contributed by atoms with Crippen molar-refractivity contribution < 1.29 is 98.0 Å². The SMILES string of the molecule is CCCCCOc1ccc(-c2ccc(-c3ccc(C(=O)NC4C[C@@H](O)[C@@H](O)NC(=O)[C@@H]5[C@@H](O)[C@@H](C)CN5C(=O)[C@H]([C@@H](C)O)NC(=O)[C@H]([C@H](O)[C@@H](O)c5ccc(OP(=O)(O)O)cc5)NC(=O)[C@@H]5C[C@@H](O)CN5C(=O)[C@H]([C@@H](C)O)NC4=O)cc3)cc2)cc1. The predicted molar refractivity (Wildman–Crippen MR) is 304 cm³/mol. The van der Waals surface area contributed by atoms with E-state index in [0.29, 0.717) is 12.2 Å². The Bertz CT molecular complexity index is 3080. The van der Waals surface area contributed by atoms with Gasteiger partial charge >= 0.3 is 7.82 Å². The van der Waals surface area contributed by atoms with Gasteiger partial charge in [0.25, 0.3) is 5.91 Å². The summed E-state index contributed by atoms with van der Waals surface area (Å²) in [6.07, 6.45) is -14.2. The third-order valence-corrected chi connectivity index (χ3v) is 15.7. The maximum absolute atomic E-state index is 14.5. The number of aliphatic hydroxyl groups is 8. The van der Waals surface area contributed by atoms with Gasteiger partial charge in [0, 0.05) is 37.4 Å². The van der Waals surface area contributed by atoms with Crippen molar-refractivity contribution in [2.24, 2.45) is 5.92 Å². The Morgan fingerprint density at radius 2 is 1.15 bits per heavy atom. The van der Waals surface area contributed by atoms with Crippen molar-refractivity contribution in [3.63, 3.8) is 0 Å². The van der Waals surface area contributed by atoms with E-state index in [1.165, 1.54) is 19.1 Å². The molecular formula is C58H74N7O20P. The van der Waals surface area contributed by atoms with Crippen molar-refractivity contribution in [3.05, 3.63) is 108 Å². The van der Waals surface area contributed by atoms with Gasteiger partial charge in [-0.15, -0.1) is 0 Å². The highest BCUT2D eigenvalue weighted by Crippen LogP contribution is 2.38. The summed E-state index contributed by atoms with van der Waals surface area (Å²) in [6.45, 7) is 5.28. The summed E-state index contributed by atoms with van der Waals surface area (Å²) in [5.41, 5.74) is 3.14. The van der Waals surface area contributed by atoms with Crippen LogP contribution in [0, 0.1) is 5.92 Å². The number of phosphoric ester groups is 1. The number of carbonyl (C=O) groups excluding carboxylic acids is 7. The molecule has 3 aliphatic heterocycles. The largest absolute Gasteiger partial charge is 0.524 e. The summed E-state index contributed by atoms with van der Waals surface area (Å²) in [4.78, 5) is 120. The molecule has 3 fully saturated rings. The molecule has 0 radical (unpaired) electrons. The number of rotatable bonds is 16. The average Bonchev–Trinajstić information content (AvgIpc) is 2.75. The molecule has 86 heavy (non-hydrogen) atoms. The first-order valence-corrected chi connectivity index (χ1v) is 29.6. The smallest absolute Gasteiger partial charge is 0.494 e. The number of phosphoric acid groups is 1. The van der Waals surface area contributed by atoms with Crippen LogP contribution in [-0.2, 0) is 33.3 Å². The molecule has 7 amide bonds. The molecule has 3 heterocycles. The summed E-state index contributed by atoms with van der Waals surface area (Å²) in [6, 6.07) is 13.6.